The Morgan fingerprint density at radius 1 is 1.13 bits per heavy atom. The zero-order chi connectivity index (χ0) is 22.5. The Morgan fingerprint density at radius 3 is 2.47 bits per heavy atom. The van der Waals surface area contributed by atoms with E-state index >= 15 is 0 Å². The van der Waals surface area contributed by atoms with Gasteiger partial charge in [-0.25, -0.2) is 8.78 Å². The van der Waals surface area contributed by atoms with Gasteiger partial charge >= 0.3 is 0 Å². The lowest BCUT2D eigenvalue weighted by atomic mass is 10.0. The summed E-state index contributed by atoms with van der Waals surface area (Å²) in [5.74, 6) is -6.07. The first kappa shape index (κ1) is 25.1. The molecule has 0 fully saturated rings. The summed E-state index contributed by atoms with van der Waals surface area (Å²) in [7, 11) is 0. The molecule has 0 aliphatic heterocycles. The summed E-state index contributed by atoms with van der Waals surface area (Å²) in [6.07, 6.45) is 4.27. The molecule has 1 atom stereocenters. The first-order valence-electron chi connectivity index (χ1n) is 9.64. The molecule has 2 rings (SSSR count). The van der Waals surface area contributed by atoms with Gasteiger partial charge in [-0.3, -0.25) is 14.6 Å². The first-order valence-corrected chi connectivity index (χ1v) is 9.64. The molecule has 0 aliphatic rings. The minimum atomic E-state index is -1.52. The van der Waals surface area contributed by atoms with Gasteiger partial charge in [-0.2, -0.15) is 4.39 Å². The van der Waals surface area contributed by atoms with Crippen LogP contribution in [0, 0.1) is 17.5 Å². The minimum Gasteiger partial charge on any atom is -0.480 e. The van der Waals surface area contributed by atoms with Gasteiger partial charge in [-0.15, -0.1) is 0 Å². The highest BCUT2D eigenvalue weighted by atomic mass is 19.2. The first-order chi connectivity index (χ1) is 14.4. The second-order valence-electron chi connectivity index (χ2n) is 5.98. The predicted molar refractivity (Wildman–Crippen MR) is 107 cm³/mol. The minimum absolute atomic E-state index is 0.252. The summed E-state index contributed by atoms with van der Waals surface area (Å²) < 4.78 is 45.4. The summed E-state index contributed by atoms with van der Waals surface area (Å²) in [4.78, 5) is 28.6. The zero-order valence-corrected chi connectivity index (χ0v) is 17.0. The summed E-state index contributed by atoms with van der Waals surface area (Å²) in [5, 5.41) is 2.56. The van der Waals surface area contributed by atoms with Crippen LogP contribution in [0.1, 0.15) is 43.5 Å². The number of aromatic nitrogens is 1. The SMILES string of the molecule is CC.NCCCCC(NC(=O)c1cccnc1)C(=O)COc1c(F)ccc(F)c1F. The maximum absolute atomic E-state index is 13.7. The highest BCUT2D eigenvalue weighted by Crippen LogP contribution is 2.23. The van der Waals surface area contributed by atoms with Gasteiger partial charge in [-0.05, 0) is 50.1 Å². The molecule has 1 heterocycles. The topological polar surface area (TPSA) is 94.3 Å². The molecule has 1 aromatic carbocycles. The van der Waals surface area contributed by atoms with Crippen LogP contribution in [0.15, 0.2) is 36.7 Å². The largest absolute Gasteiger partial charge is 0.480 e. The Balaban J connectivity index is 0.00000218. The number of carbonyl (C=O) groups is 2. The van der Waals surface area contributed by atoms with Crippen molar-refractivity contribution in [1.29, 1.82) is 0 Å². The summed E-state index contributed by atoms with van der Waals surface area (Å²) in [6, 6.07) is 3.44. The van der Waals surface area contributed by atoms with E-state index in [1.165, 1.54) is 18.5 Å². The molecule has 9 heteroatoms. The van der Waals surface area contributed by atoms with Crippen molar-refractivity contribution in [2.75, 3.05) is 13.2 Å². The molecule has 0 saturated heterocycles. The zero-order valence-electron chi connectivity index (χ0n) is 17.0. The second kappa shape index (κ2) is 13.3. The number of halogens is 3. The van der Waals surface area contributed by atoms with Gasteiger partial charge in [0.25, 0.3) is 5.91 Å². The normalized spacial score (nSPS) is 11.1. The lowest BCUT2D eigenvalue weighted by Gasteiger charge is -2.18. The number of hydrogen-bond donors (Lipinski definition) is 2. The van der Waals surface area contributed by atoms with Crippen molar-refractivity contribution >= 4 is 11.7 Å². The van der Waals surface area contributed by atoms with Gasteiger partial charge in [0.15, 0.2) is 23.2 Å². The smallest absolute Gasteiger partial charge is 0.253 e. The number of benzene rings is 1. The molecule has 0 bridgehead atoms. The van der Waals surface area contributed by atoms with Crippen LogP contribution in [-0.2, 0) is 4.79 Å². The van der Waals surface area contributed by atoms with Gasteiger partial charge in [0.1, 0.15) is 6.61 Å². The average molecular weight is 425 g/mol. The van der Waals surface area contributed by atoms with E-state index in [2.05, 4.69) is 10.3 Å². The number of unbranched alkanes of at least 4 members (excludes halogenated alkanes) is 1. The molecular weight excluding hydrogens is 399 g/mol. The van der Waals surface area contributed by atoms with Crippen LogP contribution < -0.4 is 15.8 Å². The molecule has 0 saturated carbocycles. The Morgan fingerprint density at radius 2 is 1.83 bits per heavy atom. The van der Waals surface area contributed by atoms with Crippen molar-refractivity contribution in [2.24, 2.45) is 5.73 Å². The van der Waals surface area contributed by atoms with Crippen molar-refractivity contribution in [2.45, 2.75) is 39.2 Å². The van der Waals surface area contributed by atoms with E-state index in [-0.39, 0.29) is 12.0 Å². The fourth-order valence-electron chi connectivity index (χ4n) is 2.43. The van der Waals surface area contributed by atoms with Gasteiger partial charge in [0, 0.05) is 12.4 Å². The fraction of sp³-hybridized carbons (Fsp3) is 0.381. The molecule has 0 aliphatic carbocycles. The standard InChI is InChI=1S/C19H20F3N3O3.C2H6/c20-13-6-7-14(21)18(17(13)22)28-11-16(26)15(5-1-2-8-23)25-19(27)12-4-3-9-24-10-12;1-2/h3-4,6-7,9-10,15H,1-2,5,8,11,23H2,(H,25,27);1-2H3. The third kappa shape index (κ3) is 7.47. The number of carbonyl (C=O) groups excluding carboxylic acids is 2. The number of Topliss-reactive ketones (excluding diaryl/α,β-unsaturated/α-hetero) is 1. The van der Waals surface area contributed by atoms with E-state index in [4.69, 9.17) is 10.5 Å². The van der Waals surface area contributed by atoms with Gasteiger partial charge in [0.05, 0.1) is 11.6 Å². The molecule has 2 aromatic rings. The van der Waals surface area contributed by atoms with Crippen LogP contribution in [0.4, 0.5) is 13.2 Å². The Labute approximate surface area is 173 Å². The van der Waals surface area contributed by atoms with E-state index in [0.29, 0.717) is 31.5 Å². The molecule has 1 unspecified atom stereocenters. The third-order valence-corrected chi connectivity index (χ3v) is 3.93. The maximum Gasteiger partial charge on any atom is 0.253 e. The number of nitrogens with two attached hydrogens (primary N) is 1. The lowest BCUT2D eigenvalue weighted by molar-refractivity contribution is -0.123. The van der Waals surface area contributed by atoms with E-state index in [1.54, 1.807) is 6.07 Å². The van der Waals surface area contributed by atoms with Crippen molar-refractivity contribution in [1.82, 2.24) is 10.3 Å². The van der Waals surface area contributed by atoms with Crippen LogP contribution in [0.25, 0.3) is 0 Å². The summed E-state index contributed by atoms with van der Waals surface area (Å²) >= 11 is 0. The van der Waals surface area contributed by atoms with E-state index in [1.807, 2.05) is 13.8 Å². The van der Waals surface area contributed by atoms with E-state index < -0.39 is 47.5 Å². The number of amides is 1. The van der Waals surface area contributed by atoms with Crippen LogP contribution in [0.5, 0.6) is 5.75 Å². The van der Waals surface area contributed by atoms with Crippen molar-refractivity contribution < 1.29 is 27.5 Å². The predicted octanol–water partition coefficient (Wildman–Crippen LogP) is 3.40. The molecule has 1 amide bonds. The number of pyridine rings is 1. The maximum atomic E-state index is 13.7. The van der Waals surface area contributed by atoms with Crippen molar-refractivity contribution in [3.8, 4) is 5.75 Å². The van der Waals surface area contributed by atoms with Crippen LogP contribution in [-0.4, -0.2) is 35.9 Å². The molecule has 3 N–H and O–H groups in total. The third-order valence-electron chi connectivity index (χ3n) is 3.93. The Hall–Kier alpha value is -2.94. The monoisotopic (exact) mass is 425 g/mol. The molecule has 6 nitrogen and oxygen atoms in total. The second-order valence-corrected chi connectivity index (χ2v) is 5.98. The van der Waals surface area contributed by atoms with Gasteiger partial charge in [0.2, 0.25) is 5.82 Å². The quantitative estimate of drug-likeness (QED) is 0.449. The number of rotatable bonds is 10. The van der Waals surface area contributed by atoms with Crippen molar-refractivity contribution in [3.63, 3.8) is 0 Å². The number of ether oxygens (including phenoxy) is 1. The summed E-state index contributed by atoms with van der Waals surface area (Å²) in [5.41, 5.74) is 5.69. The number of hydrogen-bond acceptors (Lipinski definition) is 5. The van der Waals surface area contributed by atoms with Crippen LogP contribution in [0.2, 0.25) is 0 Å². The number of nitrogens with one attached hydrogen (secondary N) is 1. The highest BCUT2D eigenvalue weighted by Gasteiger charge is 2.23. The van der Waals surface area contributed by atoms with E-state index in [9.17, 15) is 22.8 Å². The number of nitrogens with zero attached hydrogens (tertiary/aromatic N) is 1. The van der Waals surface area contributed by atoms with Gasteiger partial charge < -0.3 is 15.8 Å². The van der Waals surface area contributed by atoms with Gasteiger partial charge in [-0.1, -0.05) is 13.8 Å². The van der Waals surface area contributed by atoms with Crippen LogP contribution in [0.3, 0.4) is 0 Å². The number of ketones is 1. The summed E-state index contributed by atoms with van der Waals surface area (Å²) in [6.45, 7) is 3.67. The molecule has 1 aromatic heterocycles. The van der Waals surface area contributed by atoms with Crippen LogP contribution >= 0.6 is 0 Å². The van der Waals surface area contributed by atoms with E-state index in [0.717, 1.165) is 0 Å². The molecule has 0 radical (unpaired) electrons. The Bertz CT molecular complexity index is 820. The van der Waals surface area contributed by atoms with Crippen molar-refractivity contribution in [3.05, 3.63) is 59.7 Å². The molecule has 0 spiro atoms. The molecule has 30 heavy (non-hydrogen) atoms. The fourth-order valence-corrected chi connectivity index (χ4v) is 2.43. The highest BCUT2D eigenvalue weighted by molar-refractivity contribution is 5.98. The average Bonchev–Trinajstić information content (AvgIpc) is 2.77. The molecular formula is C21H26F3N3O3. The lowest BCUT2D eigenvalue weighted by Crippen LogP contribution is -2.43. The molecule has 164 valence electrons. The Kier molecular flexibility index (Phi) is 11.1.